The molecule has 0 unspecified atom stereocenters. The lowest BCUT2D eigenvalue weighted by Crippen LogP contribution is -2.42. The molecule has 1 amide bonds. The Kier molecular flexibility index (Phi) is 4.04. The normalized spacial score (nSPS) is 19.0. The van der Waals surface area contributed by atoms with Crippen LogP contribution in [0.2, 0.25) is 0 Å². The summed E-state index contributed by atoms with van der Waals surface area (Å²) in [5.41, 5.74) is 0.482. The van der Waals surface area contributed by atoms with Crippen molar-refractivity contribution in [1.29, 1.82) is 0 Å². The van der Waals surface area contributed by atoms with Gasteiger partial charge in [-0.15, -0.1) is 0 Å². The van der Waals surface area contributed by atoms with Gasteiger partial charge < -0.3 is 14.7 Å². The first-order chi connectivity index (χ1) is 9.13. The smallest absolute Gasteiger partial charge is 0.308 e. The predicted octanol–water partition coefficient (Wildman–Crippen LogP) is 1.63. The third kappa shape index (κ3) is 2.86. The van der Waals surface area contributed by atoms with Crippen molar-refractivity contribution in [2.24, 2.45) is 5.92 Å². The lowest BCUT2D eigenvalue weighted by atomic mass is 9.97. The number of carbonyl (C=O) groups is 2. The van der Waals surface area contributed by atoms with E-state index in [0.29, 0.717) is 24.3 Å². The highest BCUT2D eigenvalue weighted by Gasteiger charge is 2.29. The Labute approximate surface area is 111 Å². The minimum absolute atomic E-state index is 0.164. The number of amides is 1. The summed E-state index contributed by atoms with van der Waals surface area (Å²) >= 11 is 0. The predicted molar refractivity (Wildman–Crippen MR) is 69.3 cm³/mol. The average Bonchev–Trinajstić information content (AvgIpc) is 2.46. The van der Waals surface area contributed by atoms with Crippen LogP contribution in [0.4, 0.5) is 0 Å². The van der Waals surface area contributed by atoms with Gasteiger partial charge in [-0.05, 0) is 25.0 Å². The number of carbonyl (C=O) groups excluding carboxylic acids is 1. The third-order valence-corrected chi connectivity index (χ3v) is 3.40. The molecular weight excluding hydrogens is 246 g/mol. The molecule has 1 aromatic rings. The molecule has 19 heavy (non-hydrogen) atoms. The molecule has 0 radical (unpaired) electrons. The van der Waals surface area contributed by atoms with E-state index < -0.39 is 11.9 Å². The number of benzene rings is 1. The van der Waals surface area contributed by atoms with E-state index in [1.54, 1.807) is 29.2 Å². The van der Waals surface area contributed by atoms with Crippen LogP contribution in [0.3, 0.4) is 0 Å². The highest BCUT2D eigenvalue weighted by Crippen LogP contribution is 2.23. The maximum absolute atomic E-state index is 12.4. The number of hydrogen-bond donors (Lipinski definition) is 1. The lowest BCUT2D eigenvalue weighted by molar-refractivity contribution is -0.143. The fourth-order valence-electron chi connectivity index (χ4n) is 2.35. The number of aliphatic carboxylic acids is 1. The second-order valence-corrected chi connectivity index (χ2v) is 4.63. The van der Waals surface area contributed by atoms with E-state index >= 15 is 0 Å². The average molecular weight is 263 g/mol. The van der Waals surface area contributed by atoms with E-state index in [1.807, 2.05) is 0 Å². The van der Waals surface area contributed by atoms with E-state index in [2.05, 4.69) is 0 Å². The molecule has 1 fully saturated rings. The van der Waals surface area contributed by atoms with Gasteiger partial charge in [-0.2, -0.15) is 0 Å². The molecule has 1 atom stereocenters. The molecule has 1 aliphatic rings. The second kappa shape index (κ2) is 5.73. The number of hydrogen-bond acceptors (Lipinski definition) is 3. The van der Waals surface area contributed by atoms with Crippen molar-refractivity contribution in [3.8, 4) is 5.75 Å². The summed E-state index contributed by atoms with van der Waals surface area (Å²) in [7, 11) is 1.52. The first-order valence-electron chi connectivity index (χ1n) is 6.28. The van der Waals surface area contributed by atoms with Gasteiger partial charge in [-0.25, -0.2) is 0 Å². The second-order valence-electron chi connectivity index (χ2n) is 4.63. The number of ether oxygens (including phenoxy) is 1. The van der Waals surface area contributed by atoms with Crippen molar-refractivity contribution in [2.45, 2.75) is 12.8 Å². The van der Waals surface area contributed by atoms with Crippen LogP contribution in [0, 0.1) is 5.92 Å². The molecule has 0 saturated carbocycles. The fraction of sp³-hybridized carbons (Fsp3) is 0.429. The van der Waals surface area contributed by atoms with E-state index in [9.17, 15) is 9.59 Å². The monoisotopic (exact) mass is 263 g/mol. The number of nitrogens with zero attached hydrogens (tertiary/aromatic N) is 1. The minimum Gasteiger partial charge on any atom is -0.496 e. The quantitative estimate of drug-likeness (QED) is 0.900. The van der Waals surface area contributed by atoms with Crippen molar-refractivity contribution >= 4 is 11.9 Å². The summed E-state index contributed by atoms with van der Waals surface area (Å²) in [6.45, 7) is 0.868. The Morgan fingerprint density at radius 3 is 2.79 bits per heavy atom. The molecule has 0 aliphatic carbocycles. The van der Waals surface area contributed by atoms with Crippen molar-refractivity contribution in [3.05, 3.63) is 29.8 Å². The summed E-state index contributed by atoms with van der Waals surface area (Å²) in [6.07, 6.45) is 1.35. The molecule has 102 valence electrons. The Bertz CT molecular complexity index is 486. The summed E-state index contributed by atoms with van der Waals surface area (Å²) in [6, 6.07) is 7.00. The van der Waals surface area contributed by atoms with E-state index in [-0.39, 0.29) is 12.5 Å². The van der Waals surface area contributed by atoms with Gasteiger partial charge in [0.25, 0.3) is 5.91 Å². The van der Waals surface area contributed by atoms with Gasteiger partial charge in [0.05, 0.1) is 18.6 Å². The Balaban J connectivity index is 2.17. The third-order valence-electron chi connectivity index (χ3n) is 3.40. The van der Waals surface area contributed by atoms with Gasteiger partial charge in [-0.1, -0.05) is 12.1 Å². The zero-order valence-corrected chi connectivity index (χ0v) is 10.8. The molecule has 0 bridgehead atoms. The molecule has 1 aliphatic heterocycles. The number of likely N-dealkylation sites (tertiary alicyclic amines) is 1. The number of methoxy groups -OCH3 is 1. The molecule has 5 nitrogen and oxygen atoms in total. The highest BCUT2D eigenvalue weighted by molar-refractivity contribution is 5.97. The van der Waals surface area contributed by atoms with Crippen LogP contribution in [0.5, 0.6) is 5.75 Å². The number of para-hydroxylation sites is 1. The van der Waals surface area contributed by atoms with E-state index in [0.717, 1.165) is 6.42 Å². The number of carboxylic acids is 1. The van der Waals surface area contributed by atoms with Crippen molar-refractivity contribution in [1.82, 2.24) is 4.90 Å². The molecule has 5 heteroatoms. The summed E-state index contributed by atoms with van der Waals surface area (Å²) < 4.78 is 5.17. The number of rotatable bonds is 3. The summed E-state index contributed by atoms with van der Waals surface area (Å²) in [4.78, 5) is 25.0. The Morgan fingerprint density at radius 2 is 2.11 bits per heavy atom. The zero-order chi connectivity index (χ0) is 13.8. The summed E-state index contributed by atoms with van der Waals surface area (Å²) in [5.74, 6) is -0.946. The van der Waals surface area contributed by atoms with Crippen LogP contribution >= 0.6 is 0 Å². The SMILES string of the molecule is COc1ccccc1C(=O)N1CCC[C@@H](C(=O)O)C1. The van der Waals surface area contributed by atoms with Crippen LogP contribution in [0.1, 0.15) is 23.2 Å². The molecular formula is C14H17NO4. The van der Waals surface area contributed by atoms with Crippen LogP contribution in [0.25, 0.3) is 0 Å². The maximum Gasteiger partial charge on any atom is 0.308 e. The first-order valence-corrected chi connectivity index (χ1v) is 6.28. The maximum atomic E-state index is 12.4. The van der Waals surface area contributed by atoms with E-state index in [1.165, 1.54) is 7.11 Å². The molecule has 2 rings (SSSR count). The van der Waals surface area contributed by atoms with Crippen molar-refractivity contribution in [3.63, 3.8) is 0 Å². The van der Waals surface area contributed by atoms with Gasteiger partial charge in [0, 0.05) is 13.1 Å². The number of carboxylic acid groups (broad SMARTS) is 1. The van der Waals surface area contributed by atoms with Crippen molar-refractivity contribution in [2.75, 3.05) is 20.2 Å². The minimum atomic E-state index is -0.836. The molecule has 1 saturated heterocycles. The zero-order valence-electron chi connectivity index (χ0n) is 10.8. The highest BCUT2D eigenvalue weighted by atomic mass is 16.5. The lowest BCUT2D eigenvalue weighted by Gasteiger charge is -2.31. The largest absolute Gasteiger partial charge is 0.496 e. The first kappa shape index (κ1) is 13.4. The van der Waals surface area contributed by atoms with E-state index in [4.69, 9.17) is 9.84 Å². The van der Waals surface area contributed by atoms with Gasteiger partial charge >= 0.3 is 5.97 Å². The van der Waals surface area contributed by atoms with Gasteiger partial charge in [0.1, 0.15) is 5.75 Å². The van der Waals surface area contributed by atoms with Crippen LogP contribution in [-0.4, -0.2) is 42.1 Å². The standard InChI is InChI=1S/C14H17NO4/c1-19-12-7-3-2-6-11(12)13(16)15-8-4-5-10(9-15)14(17)18/h2-3,6-7,10H,4-5,8-9H2,1H3,(H,17,18)/t10-/m1/s1. The van der Waals surface area contributed by atoms with Crippen LogP contribution < -0.4 is 4.74 Å². The topological polar surface area (TPSA) is 66.8 Å². The van der Waals surface area contributed by atoms with Gasteiger partial charge in [0.15, 0.2) is 0 Å². The van der Waals surface area contributed by atoms with Crippen LogP contribution in [-0.2, 0) is 4.79 Å². The molecule has 0 aromatic heterocycles. The van der Waals surface area contributed by atoms with Gasteiger partial charge in [0.2, 0.25) is 0 Å². The molecule has 1 N–H and O–H groups in total. The Hall–Kier alpha value is -2.04. The van der Waals surface area contributed by atoms with Crippen LogP contribution in [0.15, 0.2) is 24.3 Å². The molecule has 1 aromatic carbocycles. The van der Waals surface area contributed by atoms with Crippen molar-refractivity contribution < 1.29 is 19.4 Å². The molecule has 0 spiro atoms. The van der Waals surface area contributed by atoms with Gasteiger partial charge in [-0.3, -0.25) is 9.59 Å². The summed E-state index contributed by atoms with van der Waals surface area (Å²) in [5, 5.41) is 9.05. The fourth-order valence-corrected chi connectivity index (χ4v) is 2.35. The Morgan fingerprint density at radius 1 is 1.37 bits per heavy atom. The number of piperidine rings is 1. The molecule has 1 heterocycles.